The topological polar surface area (TPSA) is 368 Å². The predicted molar refractivity (Wildman–Crippen MR) is 546 cm³/mol. The Morgan fingerprint density at radius 1 is 0.320 bits per heavy atom. The van der Waals surface area contributed by atoms with Crippen molar-refractivity contribution in [2.24, 2.45) is 11.8 Å². The standard InChI is InChI=1S/C23H23N3O5.C23H23N3O4.C22H21N3O5.C22H21N3O4.C21H19N3O3/c1-23(2)16-10-11-24-21(27)25(14-8-6-5-7-9-14)22(28)26(24)20(16)15-12-18(29-3)19(30-4)13-17(15)31-23;27-16-8-9-17-19(14-16)30-23(11-4-5-12-23)18-10-13-24-21(28)25(15-6-2-1-3-7-15)22(29)26(24)20(17)18;1-22(2)17-9-10-23-20(27)24(13-5-4-6-15(11-13)29-3)21(28)25(23)19(17)16-8-7-14(26)12-18(16)30-22;1-22(2)17-11-12-23-20(26)24(14-7-5-4-6-8-14)21(27)25(23)19(17)16-10-9-15(28-3)13-18(16)29-22;1-21(2)16-12-13-22-19(25)23(14-8-4-3-5-9-14)20(26)24(22)18(16)15-10-6-7-11-17(15)27-21/h5-10,12-13,20H,11H2,1-4H3;1-3,6-9,14,18,20,27H,4-5,10-13H2;4-12,17,19,26H,1-3H3;4-11,13,19H,12H2,1-3H3;3-12,18H,13H2,1-2H3. The second-order valence-corrected chi connectivity index (χ2v) is 39.9. The molecule has 7 atom stereocenters. The summed E-state index contributed by atoms with van der Waals surface area (Å²) in [5.41, 5.74) is 3.03. The van der Waals surface area contributed by atoms with Crippen molar-refractivity contribution >= 4 is 6.20 Å². The highest BCUT2D eigenvalue weighted by Gasteiger charge is 2.56. The summed E-state index contributed by atoms with van der Waals surface area (Å²) in [7, 11) is 6.25. The van der Waals surface area contributed by atoms with Crippen molar-refractivity contribution in [2.75, 3.05) is 28.4 Å². The number of phenols is 2. The van der Waals surface area contributed by atoms with E-state index in [1.807, 2.05) is 195 Å². The molecule has 15 heterocycles. The molecule has 0 amide bonds. The Bertz CT molecular complexity index is 8660. The summed E-state index contributed by atoms with van der Waals surface area (Å²) in [5, 5.41) is 20.0. The number of hydrogen-bond acceptors (Lipinski definition) is 21. The van der Waals surface area contributed by atoms with Gasteiger partial charge in [0, 0.05) is 82.7 Å². The number of ether oxygens (including phenoxy) is 9. The predicted octanol–water partition coefficient (Wildman–Crippen LogP) is 12.7. The number of rotatable bonds is 9. The number of aromatic nitrogens is 15. The van der Waals surface area contributed by atoms with Gasteiger partial charge in [0.05, 0.1) is 88.6 Å². The molecule has 26 rings (SSSR count). The van der Waals surface area contributed by atoms with E-state index in [9.17, 15) is 58.2 Å². The SMILES string of the molecule is CC1(C)Oc2ccccc2C2C1=CCn1c(=O)n(-c3ccccc3)c(=O)n12.COc1cc2c(cc1OC)C1C(=CCn3c(=O)n(-c4ccccc4)c(=O)n31)C(C)(C)O2.COc1ccc2c(c1)OC(C)(C)C1=CCn3c(=O)n(-c4ccccc4)c(=O)n3C12.COc1cccc(-n2c(=O)n3n(c2=O)C2c4ccc(O)cc4OC(C)(C)C2C=C3)c1.O=c1n(-c2ccccc2)c(=O)n2n1CCC1C2c2ccc(O)cc2OC12CCCC2. The van der Waals surface area contributed by atoms with Crippen LogP contribution in [0.2, 0.25) is 0 Å². The van der Waals surface area contributed by atoms with E-state index in [1.165, 1.54) is 59.5 Å². The zero-order valence-corrected chi connectivity index (χ0v) is 82.7. The van der Waals surface area contributed by atoms with E-state index in [0.29, 0.717) is 94.1 Å². The zero-order chi connectivity index (χ0) is 103. The Kier molecular flexibility index (Phi) is 22.9. The van der Waals surface area contributed by atoms with E-state index in [0.717, 1.165) is 87.0 Å². The van der Waals surface area contributed by atoms with E-state index in [-0.39, 0.29) is 87.4 Å². The van der Waals surface area contributed by atoms with Crippen molar-refractivity contribution < 1.29 is 52.8 Å². The van der Waals surface area contributed by atoms with Crippen molar-refractivity contribution in [3.05, 3.63) is 410 Å². The van der Waals surface area contributed by atoms with Crippen molar-refractivity contribution in [2.45, 2.75) is 172 Å². The molecule has 1 fully saturated rings. The summed E-state index contributed by atoms with van der Waals surface area (Å²) >= 11 is 0. The fraction of sp³-hybridized carbons (Fsp3) is 0.297. The van der Waals surface area contributed by atoms with E-state index >= 15 is 0 Å². The third-order valence-electron chi connectivity index (χ3n) is 30.0. The van der Waals surface area contributed by atoms with Crippen LogP contribution in [0.5, 0.6) is 63.2 Å². The molecule has 2 N–H and O–H groups in total. The minimum absolute atomic E-state index is 0.0769. The highest BCUT2D eigenvalue weighted by Crippen LogP contribution is 2.57. The van der Waals surface area contributed by atoms with Gasteiger partial charge in [-0.05, 0) is 213 Å². The molecule has 11 aliphatic rings. The van der Waals surface area contributed by atoms with Gasteiger partial charge in [-0.3, -0.25) is 0 Å². The third kappa shape index (κ3) is 15.3. The highest BCUT2D eigenvalue weighted by atomic mass is 16.5. The first-order chi connectivity index (χ1) is 70.7. The van der Waals surface area contributed by atoms with Crippen molar-refractivity contribution in [1.29, 1.82) is 0 Å². The Morgan fingerprint density at radius 3 is 1.20 bits per heavy atom. The molecular formula is C111H107N15O21. The summed E-state index contributed by atoms with van der Waals surface area (Å²) in [6.07, 6.45) is 14.3. The number of fused-ring (bicyclic) bond motifs is 26. The number of benzene rings is 10. The number of hydrogen-bond donors (Lipinski definition) is 2. The van der Waals surface area contributed by atoms with Crippen LogP contribution in [0.4, 0.5) is 0 Å². The minimum atomic E-state index is -0.674. The Morgan fingerprint density at radius 2 is 0.707 bits per heavy atom. The van der Waals surface area contributed by atoms with Crippen LogP contribution in [-0.4, -0.2) is 136 Å². The molecule has 1 spiro atoms. The summed E-state index contributed by atoms with van der Waals surface area (Å²) in [6.45, 7) is 17.2. The van der Waals surface area contributed by atoms with E-state index in [1.54, 1.807) is 162 Å². The van der Waals surface area contributed by atoms with Crippen molar-refractivity contribution in [3.63, 3.8) is 0 Å². The molecule has 10 aliphatic heterocycles. The molecule has 0 radical (unpaired) electrons. The number of para-hydroxylation sites is 5. The molecule has 36 heteroatoms. The lowest BCUT2D eigenvalue weighted by Crippen LogP contribution is -2.54. The average Bonchev–Trinajstić information content (AvgIpc) is 1.63. The van der Waals surface area contributed by atoms with Crippen LogP contribution in [0.1, 0.15) is 146 Å². The van der Waals surface area contributed by atoms with Gasteiger partial charge in [0.1, 0.15) is 97.9 Å². The maximum atomic E-state index is 13.6. The molecule has 147 heavy (non-hydrogen) atoms. The quantitative estimate of drug-likeness (QED) is 0.127. The van der Waals surface area contributed by atoms with Gasteiger partial charge in [-0.1, -0.05) is 121 Å². The molecular weight excluding hydrogens is 1880 g/mol. The first-order valence-corrected chi connectivity index (χ1v) is 48.7. The fourth-order valence-electron chi connectivity index (χ4n) is 23.2. The fourth-order valence-corrected chi connectivity index (χ4v) is 23.2. The van der Waals surface area contributed by atoms with Gasteiger partial charge < -0.3 is 52.8 Å². The van der Waals surface area contributed by atoms with Gasteiger partial charge in [0.25, 0.3) is 0 Å². The van der Waals surface area contributed by atoms with Gasteiger partial charge in [-0.15, -0.1) is 0 Å². The van der Waals surface area contributed by atoms with Crippen LogP contribution in [0.25, 0.3) is 34.6 Å². The Balaban J connectivity index is 0.000000104. The lowest BCUT2D eigenvalue weighted by molar-refractivity contribution is -0.0451. The Labute approximate surface area is 838 Å². The number of methoxy groups -OCH3 is 4. The maximum absolute atomic E-state index is 13.6. The monoisotopic (exact) mass is 1990 g/mol. The maximum Gasteiger partial charge on any atom is 0.356 e. The molecule has 1 aliphatic carbocycles. The second kappa shape index (κ2) is 35.6. The lowest BCUT2D eigenvalue weighted by atomic mass is 9.73. The third-order valence-corrected chi connectivity index (χ3v) is 30.0. The van der Waals surface area contributed by atoms with Crippen molar-refractivity contribution in [3.8, 4) is 91.7 Å². The smallest absolute Gasteiger partial charge is 0.356 e. The molecule has 15 aromatic rings. The molecule has 10 aromatic carbocycles. The van der Waals surface area contributed by atoms with Gasteiger partial charge in [0.2, 0.25) is 0 Å². The first kappa shape index (κ1) is 94.6. The largest absolute Gasteiger partial charge is 0.508 e. The zero-order valence-electron chi connectivity index (χ0n) is 82.7. The van der Waals surface area contributed by atoms with Gasteiger partial charge >= 0.3 is 56.9 Å². The van der Waals surface area contributed by atoms with Gasteiger partial charge in [-0.2, -0.15) is 0 Å². The Hall–Kier alpha value is -17.3. The average molecular weight is 1990 g/mol. The summed E-state index contributed by atoms with van der Waals surface area (Å²) < 4.78 is 74.2. The summed E-state index contributed by atoms with van der Waals surface area (Å²) in [6, 6.07) is 67.6. The van der Waals surface area contributed by atoms with Crippen LogP contribution < -0.4 is 99.5 Å². The first-order valence-electron chi connectivity index (χ1n) is 48.7. The molecule has 0 bridgehead atoms. The van der Waals surface area contributed by atoms with E-state index < -0.39 is 57.6 Å². The minimum Gasteiger partial charge on any atom is -0.508 e. The van der Waals surface area contributed by atoms with Crippen LogP contribution in [0.3, 0.4) is 0 Å². The highest BCUT2D eigenvalue weighted by molar-refractivity contribution is 5.59. The molecule has 1 saturated carbocycles. The molecule has 7 unspecified atom stereocenters. The van der Waals surface area contributed by atoms with E-state index in [2.05, 4.69) is 0 Å². The lowest BCUT2D eigenvalue weighted by Gasteiger charge is -2.49. The number of nitrogens with zero attached hydrogens (tertiary/aromatic N) is 15. The van der Waals surface area contributed by atoms with Crippen LogP contribution in [-0.2, 0) is 26.2 Å². The summed E-state index contributed by atoms with van der Waals surface area (Å²) in [4.78, 5) is 133. The van der Waals surface area contributed by atoms with Gasteiger partial charge in [-0.25, -0.2) is 118 Å². The van der Waals surface area contributed by atoms with Crippen LogP contribution in [0, 0.1) is 11.8 Å². The number of allylic oxidation sites excluding steroid dienone is 3. The van der Waals surface area contributed by atoms with Crippen LogP contribution in [0.15, 0.2) is 326 Å². The van der Waals surface area contributed by atoms with Crippen LogP contribution >= 0.6 is 0 Å². The van der Waals surface area contributed by atoms with E-state index in [4.69, 9.17) is 42.6 Å². The second-order valence-electron chi connectivity index (χ2n) is 39.9. The molecule has 752 valence electrons. The van der Waals surface area contributed by atoms with Crippen molar-refractivity contribution in [1.82, 2.24) is 69.7 Å². The normalized spacial score (nSPS) is 20.1. The summed E-state index contributed by atoms with van der Waals surface area (Å²) in [5.74, 6) is 5.53. The number of aromatic hydroxyl groups is 2. The van der Waals surface area contributed by atoms with Gasteiger partial charge in [0.15, 0.2) is 11.5 Å². The molecule has 0 saturated heterocycles. The number of phenolic OH excluding ortho intramolecular Hbond substituents is 2. The molecule has 36 nitrogen and oxygen atoms in total. The molecule has 5 aromatic heterocycles.